The van der Waals surface area contributed by atoms with Gasteiger partial charge in [0.05, 0.1) is 15.9 Å². The first-order valence-electron chi connectivity index (χ1n) is 5.82. The third-order valence-electron chi connectivity index (χ3n) is 3.41. The molecule has 1 saturated carbocycles. The summed E-state index contributed by atoms with van der Waals surface area (Å²) in [6, 6.07) is 0. The molecule has 0 radical (unpaired) electrons. The fourth-order valence-corrected chi connectivity index (χ4v) is 2.64. The van der Waals surface area contributed by atoms with Gasteiger partial charge in [-0.25, -0.2) is 0 Å². The van der Waals surface area contributed by atoms with Gasteiger partial charge in [-0.05, 0) is 42.6 Å². The van der Waals surface area contributed by atoms with Crippen LogP contribution in [0.3, 0.4) is 0 Å². The van der Waals surface area contributed by atoms with Crippen molar-refractivity contribution in [3.8, 4) is 0 Å². The van der Waals surface area contributed by atoms with E-state index in [2.05, 4.69) is 21.0 Å². The van der Waals surface area contributed by atoms with Crippen molar-refractivity contribution in [2.24, 2.45) is 5.92 Å². The Balaban J connectivity index is 2.08. The highest BCUT2D eigenvalue weighted by molar-refractivity contribution is 9.10. The molecular formula is C12H17BrN2O. The van der Waals surface area contributed by atoms with E-state index in [1.54, 1.807) is 0 Å². The second-order valence-electron chi connectivity index (χ2n) is 4.59. The minimum atomic E-state index is 0.280. The summed E-state index contributed by atoms with van der Waals surface area (Å²) in [5.41, 5.74) is 2.00. The molecule has 3 nitrogen and oxygen atoms in total. The minimum absolute atomic E-state index is 0.280. The zero-order valence-electron chi connectivity index (χ0n) is 9.79. The summed E-state index contributed by atoms with van der Waals surface area (Å²) in [4.78, 5) is 12.0. The SMILES string of the molecule is Cc1nn(CC(=O)C2CCCC2)c(C)c1Br. The molecule has 0 amide bonds. The van der Waals surface area contributed by atoms with Crippen LogP contribution in [-0.2, 0) is 11.3 Å². The largest absolute Gasteiger partial charge is 0.297 e. The number of ketones is 1. The van der Waals surface area contributed by atoms with Gasteiger partial charge in [0, 0.05) is 5.92 Å². The van der Waals surface area contributed by atoms with Crippen LogP contribution >= 0.6 is 15.9 Å². The maximum atomic E-state index is 12.0. The Morgan fingerprint density at radius 3 is 2.56 bits per heavy atom. The third-order valence-corrected chi connectivity index (χ3v) is 4.56. The van der Waals surface area contributed by atoms with Crippen LogP contribution in [0.1, 0.15) is 37.1 Å². The Labute approximate surface area is 104 Å². The Hall–Kier alpha value is -0.640. The van der Waals surface area contributed by atoms with Crippen molar-refractivity contribution < 1.29 is 4.79 Å². The van der Waals surface area contributed by atoms with Crippen LogP contribution in [0, 0.1) is 19.8 Å². The van der Waals surface area contributed by atoms with Crippen LogP contribution in [-0.4, -0.2) is 15.6 Å². The number of aryl methyl sites for hydroxylation is 1. The highest BCUT2D eigenvalue weighted by atomic mass is 79.9. The highest BCUT2D eigenvalue weighted by Crippen LogP contribution is 2.26. The van der Waals surface area contributed by atoms with Gasteiger partial charge >= 0.3 is 0 Å². The van der Waals surface area contributed by atoms with Gasteiger partial charge in [-0.1, -0.05) is 12.8 Å². The standard InChI is InChI=1S/C12H17BrN2O/c1-8-12(13)9(2)15(14-8)7-11(16)10-5-3-4-6-10/h10H,3-7H2,1-2H3. The van der Waals surface area contributed by atoms with Crippen molar-refractivity contribution in [3.05, 3.63) is 15.9 Å². The molecule has 88 valence electrons. The molecule has 0 N–H and O–H groups in total. The van der Waals surface area contributed by atoms with E-state index < -0.39 is 0 Å². The lowest BCUT2D eigenvalue weighted by atomic mass is 10.0. The predicted octanol–water partition coefficient (Wildman–Crippen LogP) is 3.02. The van der Waals surface area contributed by atoms with Crippen LogP contribution in [0.15, 0.2) is 4.47 Å². The first-order chi connectivity index (χ1) is 7.59. The summed E-state index contributed by atoms with van der Waals surface area (Å²) < 4.78 is 2.84. The van der Waals surface area contributed by atoms with Crippen molar-refractivity contribution in [2.45, 2.75) is 46.1 Å². The molecule has 0 spiro atoms. The summed E-state index contributed by atoms with van der Waals surface area (Å²) >= 11 is 3.48. The third kappa shape index (κ3) is 2.21. The second-order valence-corrected chi connectivity index (χ2v) is 5.38. The molecule has 0 bridgehead atoms. The number of carbonyl (C=O) groups is 1. The number of hydrogen-bond donors (Lipinski definition) is 0. The van der Waals surface area contributed by atoms with Gasteiger partial charge in [-0.2, -0.15) is 5.10 Å². The lowest BCUT2D eigenvalue weighted by Gasteiger charge is -2.08. The lowest BCUT2D eigenvalue weighted by molar-refractivity contribution is -0.123. The number of rotatable bonds is 3. The van der Waals surface area contributed by atoms with Gasteiger partial charge in [0.15, 0.2) is 5.78 Å². The summed E-state index contributed by atoms with van der Waals surface area (Å²) in [5, 5.41) is 4.37. The molecule has 4 heteroatoms. The molecule has 1 aliphatic carbocycles. The smallest absolute Gasteiger partial charge is 0.157 e. The van der Waals surface area contributed by atoms with E-state index in [1.807, 2.05) is 18.5 Å². The molecule has 0 aromatic carbocycles. The quantitative estimate of drug-likeness (QED) is 0.855. The molecule has 1 heterocycles. The van der Waals surface area contributed by atoms with Gasteiger partial charge in [0.25, 0.3) is 0 Å². The molecule has 16 heavy (non-hydrogen) atoms. The van der Waals surface area contributed by atoms with Crippen LogP contribution in [0.25, 0.3) is 0 Å². The summed E-state index contributed by atoms with van der Waals surface area (Å²) in [6.07, 6.45) is 4.55. The second kappa shape index (κ2) is 4.70. The van der Waals surface area contributed by atoms with Crippen LogP contribution in [0.4, 0.5) is 0 Å². The summed E-state index contributed by atoms with van der Waals surface area (Å²) in [7, 11) is 0. The Kier molecular flexibility index (Phi) is 3.47. The molecule has 2 rings (SSSR count). The average molecular weight is 285 g/mol. The average Bonchev–Trinajstić information content (AvgIpc) is 2.85. The van der Waals surface area contributed by atoms with Crippen molar-refractivity contribution in [1.82, 2.24) is 9.78 Å². The molecule has 1 aromatic heterocycles. The maximum Gasteiger partial charge on any atom is 0.157 e. The maximum absolute atomic E-state index is 12.0. The Bertz CT molecular complexity index is 405. The molecule has 0 unspecified atom stereocenters. The van der Waals surface area contributed by atoms with Gasteiger partial charge in [-0.3, -0.25) is 9.48 Å². The number of hydrogen-bond acceptors (Lipinski definition) is 2. The van der Waals surface area contributed by atoms with E-state index in [-0.39, 0.29) is 5.92 Å². The molecule has 1 fully saturated rings. The van der Waals surface area contributed by atoms with Gasteiger partial charge < -0.3 is 0 Å². The molecular weight excluding hydrogens is 268 g/mol. The number of nitrogens with zero attached hydrogens (tertiary/aromatic N) is 2. The van der Waals surface area contributed by atoms with Crippen molar-refractivity contribution in [2.75, 3.05) is 0 Å². The van der Waals surface area contributed by atoms with Gasteiger partial charge in [-0.15, -0.1) is 0 Å². The fourth-order valence-electron chi connectivity index (χ4n) is 2.35. The van der Waals surface area contributed by atoms with E-state index in [0.29, 0.717) is 12.3 Å². The monoisotopic (exact) mass is 284 g/mol. The zero-order chi connectivity index (χ0) is 11.7. The molecule has 1 aromatic rings. The Morgan fingerprint density at radius 1 is 1.44 bits per heavy atom. The van der Waals surface area contributed by atoms with E-state index in [1.165, 1.54) is 12.8 Å². The first-order valence-corrected chi connectivity index (χ1v) is 6.61. The van der Waals surface area contributed by atoms with Gasteiger partial charge in [0.1, 0.15) is 6.54 Å². The molecule has 1 aliphatic rings. The van der Waals surface area contributed by atoms with Crippen molar-refractivity contribution >= 4 is 21.7 Å². The Morgan fingerprint density at radius 2 is 2.06 bits per heavy atom. The van der Waals surface area contributed by atoms with Crippen molar-refractivity contribution in [1.29, 1.82) is 0 Å². The summed E-state index contributed by atoms with van der Waals surface area (Å²) in [6.45, 7) is 4.38. The van der Waals surface area contributed by atoms with Crippen molar-refractivity contribution in [3.63, 3.8) is 0 Å². The first kappa shape index (κ1) is 11.8. The lowest BCUT2D eigenvalue weighted by Crippen LogP contribution is -2.19. The van der Waals surface area contributed by atoms with Crippen LogP contribution in [0.5, 0.6) is 0 Å². The van der Waals surface area contributed by atoms with Crippen LogP contribution in [0.2, 0.25) is 0 Å². The number of aromatic nitrogens is 2. The van der Waals surface area contributed by atoms with Gasteiger partial charge in [0.2, 0.25) is 0 Å². The van der Waals surface area contributed by atoms with E-state index in [0.717, 1.165) is 28.7 Å². The molecule has 0 atom stereocenters. The highest BCUT2D eigenvalue weighted by Gasteiger charge is 2.23. The van der Waals surface area contributed by atoms with Crippen LogP contribution < -0.4 is 0 Å². The van der Waals surface area contributed by atoms with E-state index >= 15 is 0 Å². The normalized spacial score (nSPS) is 16.9. The molecule has 0 saturated heterocycles. The van der Waals surface area contributed by atoms with E-state index in [4.69, 9.17) is 0 Å². The number of Topliss-reactive ketones (excluding diaryl/α,β-unsaturated/α-hetero) is 1. The van der Waals surface area contributed by atoms with E-state index in [9.17, 15) is 4.79 Å². The topological polar surface area (TPSA) is 34.9 Å². The zero-order valence-corrected chi connectivity index (χ0v) is 11.4. The minimum Gasteiger partial charge on any atom is -0.297 e. The fraction of sp³-hybridized carbons (Fsp3) is 0.667. The molecule has 0 aliphatic heterocycles. The number of halogens is 1. The summed E-state index contributed by atoms with van der Waals surface area (Å²) in [5.74, 6) is 0.623. The predicted molar refractivity (Wildman–Crippen MR) is 66.4 cm³/mol. The number of carbonyl (C=O) groups excluding carboxylic acids is 1.